The number of halogens is 3. The average Bonchev–Trinajstić information content (AvgIpc) is 2.75. The van der Waals surface area contributed by atoms with Gasteiger partial charge in [0, 0.05) is 0 Å². The van der Waals surface area contributed by atoms with Crippen LogP contribution in [-0.2, 0) is 12.6 Å². The lowest BCUT2D eigenvalue weighted by molar-refractivity contribution is -0.137. The number of benzene rings is 1. The minimum absolute atomic E-state index is 0.226. The first-order valence-corrected chi connectivity index (χ1v) is 6.70. The van der Waals surface area contributed by atoms with Crippen LogP contribution in [0.3, 0.4) is 0 Å². The molecule has 4 heteroatoms. The Kier molecular flexibility index (Phi) is 4.19. The van der Waals surface area contributed by atoms with Gasteiger partial charge >= 0.3 is 6.18 Å². The van der Waals surface area contributed by atoms with Crippen molar-refractivity contribution in [1.82, 2.24) is 0 Å². The number of rotatable bonds is 3. The Morgan fingerprint density at radius 1 is 1.32 bits per heavy atom. The molecule has 0 radical (unpaired) electrons. The van der Waals surface area contributed by atoms with Gasteiger partial charge in [-0.2, -0.15) is 13.2 Å². The third-order valence-electron chi connectivity index (χ3n) is 3.98. The van der Waals surface area contributed by atoms with Gasteiger partial charge < -0.3 is 5.11 Å². The van der Waals surface area contributed by atoms with Crippen molar-refractivity contribution in [2.24, 2.45) is 11.8 Å². The van der Waals surface area contributed by atoms with E-state index in [-0.39, 0.29) is 5.92 Å². The zero-order valence-electron chi connectivity index (χ0n) is 11.0. The average molecular weight is 272 g/mol. The van der Waals surface area contributed by atoms with E-state index in [4.69, 9.17) is 0 Å². The van der Waals surface area contributed by atoms with Crippen LogP contribution in [0.4, 0.5) is 13.2 Å². The van der Waals surface area contributed by atoms with Gasteiger partial charge in [-0.1, -0.05) is 31.5 Å². The Balaban J connectivity index is 2.03. The molecule has 0 spiro atoms. The summed E-state index contributed by atoms with van der Waals surface area (Å²) in [5.74, 6) is 0.839. The second-order valence-electron chi connectivity index (χ2n) is 5.65. The summed E-state index contributed by atoms with van der Waals surface area (Å²) in [5.41, 5.74) is -0.0844. The number of aliphatic hydroxyl groups excluding tert-OH is 1. The van der Waals surface area contributed by atoms with Crippen molar-refractivity contribution in [1.29, 1.82) is 0 Å². The fourth-order valence-electron chi connectivity index (χ4n) is 2.88. The Morgan fingerprint density at radius 2 is 2.05 bits per heavy atom. The number of aliphatic hydroxyl groups is 1. The molecule has 1 fully saturated rings. The lowest BCUT2D eigenvalue weighted by atomic mass is 9.93. The molecule has 1 N–H and O–H groups in total. The summed E-state index contributed by atoms with van der Waals surface area (Å²) in [5, 5.41) is 10.1. The topological polar surface area (TPSA) is 20.2 Å². The summed E-state index contributed by atoms with van der Waals surface area (Å²) in [7, 11) is 0. The van der Waals surface area contributed by atoms with Crippen molar-refractivity contribution in [2.75, 3.05) is 0 Å². The molecule has 19 heavy (non-hydrogen) atoms. The monoisotopic (exact) mass is 272 g/mol. The summed E-state index contributed by atoms with van der Waals surface area (Å²) in [6.45, 7) is 2.15. The van der Waals surface area contributed by atoms with Gasteiger partial charge in [-0.25, -0.2) is 0 Å². The molecule has 1 saturated carbocycles. The molecule has 1 aromatic carbocycles. The summed E-state index contributed by atoms with van der Waals surface area (Å²) >= 11 is 0. The van der Waals surface area contributed by atoms with E-state index in [2.05, 4.69) is 6.92 Å². The summed E-state index contributed by atoms with van der Waals surface area (Å²) in [6, 6.07) is 5.26. The lowest BCUT2D eigenvalue weighted by Crippen LogP contribution is -2.21. The fraction of sp³-hybridized carbons (Fsp3) is 0.600. The van der Waals surface area contributed by atoms with Gasteiger partial charge in [-0.05, 0) is 42.7 Å². The van der Waals surface area contributed by atoms with E-state index in [0.29, 0.717) is 17.9 Å². The van der Waals surface area contributed by atoms with Crippen LogP contribution in [0, 0.1) is 11.8 Å². The Labute approximate surface area is 111 Å². The number of alkyl halides is 3. The third-order valence-corrected chi connectivity index (χ3v) is 3.98. The highest BCUT2D eigenvalue weighted by molar-refractivity contribution is 5.26. The largest absolute Gasteiger partial charge is 0.416 e. The third kappa shape index (κ3) is 3.72. The second kappa shape index (κ2) is 5.53. The van der Waals surface area contributed by atoms with E-state index in [1.807, 2.05) is 0 Å². The molecule has 0 amide bonds. The summed E-state index contributed by atoms with van der Waals surface area (Å²) < 4.78 is 37.8. The molecule has 106 valence electrons. The molecule has 1 aliphatic carbocycles. The van der Waals surface area contributed by atoms with Crippen LogP contribution in [0.15, 0.2) is 24.3 Å². The zero-order valence-corrected chi connectivity index (χ0v) is 11.0. The van der Waals surface area contributed by atoms with Crippen LogP contribution in [0.2, 0.25) is 0 Å². The van der Waals surface area contributed by atoms with E-state index >= 15 is 0 Å². The molecular formula is C15H19F3O. The molecule has 1 nitrogen and oxygen atoms in total. The van der Waals surface area contributed by atoms with Gasteiger partial charge in [0.25, 0.3) is 0 Å². The van der Waals surface area contributed by atoms with Crippen LogP contribution in [0.25, 0.3) is 0 Å². The van der Waals surface area contributed by atoms with Gasteiger partial charge in [0.2, 0.25) is 0 Å². The molecule has 3 unspecified atom stereocenters. The zero-order chi connectivity index (χ0) is 14.0. The van der Waals surface area contributed by atoms with Crippen LogP contribution in [0.5, 0.6) is 0 Å². The van der Waals surface area contributed by atoms with Crippen molar-refractivity contribution in [3.8, 4) is 0 Å². The van der Waals surface area contributed by atoms with Gasteiger partial charge in [0.1, 0.15) is 0 Å². The molecule has 2 rings (SSSR count). The van der Waals surface area contributed by atoms with Gasteiger partial charge in [-0.3, -0.25) is 0 Å². The van der Waals surface area contributed by atoms with E-state index < -0.39 is 17.8 Å². The van der Waals surface area contributed by atoms with Crippen molar-refractivity contribution in [3.05, 3.63) is 35.4 Å². The standard InChI is InChI=1S/C15H19F3O/c1-10-5-6-12(7-10)14(19)9-11-3-2-4-13(8-11)15(16,17)18/h2-4,8,10,12,14,19H,5-7,9H2,1H3. The SMILES string of the molecule is CC1CCC(C(O)Cc2cccc(C(F)(F)F)c2)C1. The first-order chi connectivity index (χ1) is 8.86. The minimum Gasteiger partial charge on any atom is -0.392 e. The van der Waals surface area contributed by atoms with Crippen molar-refractivity contribution in [2.45, 2.75) is 44.9 Å². The Hall–Kier alpha value is -1.03. The smallest absolute Gasteiger partial charge is 0.392 e. The molecule has 0 heterocycles. The normalized spacial score (nSPS) is 25.5. The summed E-state index contributed by atoms with van der Waals surface area (Å²) in [4.78, 5) is 0. The first kappa shape index (κ1) is 14.4. The van der Waals surface area contributed by atoms with Gasteiger partial charge in [-0.15, -0.1) is 0 Å². The molecule has 1 aliphatic rings. The molecule has 0 aliphatic heterocycles. The van der Waals surface area contributed by atoms with Crippen LogP contribution >= 0.6 is 0 Å². The number of hydrogen-bond donors (Lipinski definition) is 1. The Morgan fingerprint density at radius 3 is 2.63 bits per heavy atom. The quantitative estimate of drug-likeness (QED) is 0.880. The highest BCUT2D eigenvalue weighted by Gasteiger charge is 2.31. The molecule has 1 aromatic rings. The van der Waals surface area contributed by atoms with Crippen LogP contribution in [-0.4, -0.2) is 11.2 Å². The van der Waals surface area contributed by atoms with Crippen LogP contribution < -0.4 is 0 Å². The predicted molar refractivity (Wildman–Crippen MR) is 67.7 cm³/mol. The van der Waals surface area contributed by atoms with E-state index in [1.54, 1.807) is 6.07 Å². The molecular weight excluding hydrogens is 253 g/mol. The number of hydrogen-bond acceptors (Lipinski definition) is 1. The molecule has 3 atom stereocenters. The fourth-order valence-corrected chi connectivity index (χ4v) is 2.88. The molecule has 0 bridgehead atoms. The van der Waals surface area contributed by atoms with Gasteiger partial charge in [0.05, 0.1) is 11.7 Å². The molecule has 0 aromatic heterocycles. The predicted octanol–water partition coefficient (Wildman–Crippen LogP) is 4.05. The maximum Gasteiger partial charge on any atom is 0.416 e. The van der Waals surface area contributed by atoms with E-state index in [0.717, 1.165) is 31.4 Å². The van der Waals surface area contributed by atoms with Gasteiger partial charge in [0.15, 0.2) is 0 Å². The summed E-state index contributed by atoms with van der Waals surface area (Å²) in [6.07, 6.45) is -1.50. The highest BCUT2D eigenvalue weighted by Crippen LogP contribution is 2.34. The Bertz CT molecular complexity index is 428. The first-order valence-electron chi connectivity index (χ1n) is 6.70. The highest BCUT2D eigenvalue weighted by atomic mass is 19.4. The van der Waals surface area contributed by atoms with Crippen LogP contribution in [0.1, 0.15) is 37.3 Å². The van der Waals surface area contributed by atoms with E-state index in [9.17, 15) is 18.3 Å². The molecule has 0 saturated heterocycles. The van der Waals surface area contributed by atoms with Crippen molar-refractivity contribution >= 4 is 0 Å². The van der Waals surface area contributed by atoms with Crippen molar-refractivity contribution < 1.29 is 18.3 Å². The second-order valence-corrected chi connectivity index (χ2v) is 5.65. The maximum atomic E-state index is 12.6. The lowest BCUT2D eigenvalue weighted by Gasteiger charge is -2.18. The van der Waals surface area contributed by atoms with E-state index in [1.165, 1.54) is 6.07 Å². The minimum atomic E-state index is -4.32. The van der Waals surface area contributed by atoms with Crippen molar-refractivity contribution in [3.63, 3.8) is 0 Å². The maximum absolute atomic E-state index is 12.6.